The van der Waals surface area contributed by atoms with Gasteiger partial charge in [0.2, 0.25) is 0 Å². The van der Waals surface area contributed by atoms with Gasteiger partial charge in [0.15, 0.2) is 0 Å². The highest BCUT2D eigenvalue weighted by molar-refractivity contribution is 9.10. The molecule has 0 aliphatic rings. The summed E-state index contributed by atoms with van der Waals surface area (Å²) >= 11 is 6.94. The summed E-state index contributed by atoms with van der Waals surface area (Å²) in [5.41, 5.74) is 1.90. The summed E-state index contributed by atoms with van der Waals surface area (Å²) in [5, 5.41) is 3.60. The summed E-state index contributed by atoms with van der Waals surface area (Å²) in [6.07, 6.45) is 4.71. The fraction of sp³-hybridized carbons (Fsp3) is 0.300. The second-order valence-electron chi connectivity index (χ2n) is 9.22. The van der Waals surface area contributed by atoms with E-state index in [0.29, 0.717) is 41.1 Å². The van der Waals surface area contributed by atoms with Crippen LogP contribution >= 0.6 is 31.9 Å². The van der Waals surface area contributed by atoms with Gasteiger partial charge in [0.25, 0.3) is 5.56 Å². The Labute approximate surface area is 240 Å². The molecule has 2 amide bonds. The molecule has 3 aromatic carbocycles. The second-order valence-corrected chi connectivity index (χ2v) is 11.1. The molecule has 0 aliphatic carbocycles. The van der Waals surface area contributed by atoms with Crippen LogP contribution in [0, 0.1) is 0 Å². The number of nitrogens with zero attached hydrogens (tertiary/aromatic N) is 3. The lowest BCUT2D eigenvalue weighted by atomic mass is 10.1. The average Bonchev–Trinajstić information content (AvgIpc) is 2.92. The van der Waals surface area contributed by atoms with Crippen molar-refractivity contribution in [2.75, 3.05) is 11.9 Å². The van der Waals surface area contributed by atoms with Crippen molar-refractivity contribution in [2.45, 2.75) is 52.0 Å². The van der Waals surface area contributed by atoms with Crippen LogP contribution in [-0.4, -0.2) is 27.0 Å². The number of unbranched alkanes of at least 4 members (excludes halogenated alkanes) is 3. The monoisotopic (exact) mass is 638 g/mol. The van der Waals surface area contributed by atoms with Gasteiger partial charge < -0.3 is 10.2 Å². The molecule has 1 N–H and O–H groups in total. The van der Waals surface area contributed by atoms with E-state index in [1.54, 1.807) is 10.6 Å². The number of amides is 2. The van der Waals surface area contributed by atoms with E-state index in [9.17, 15) is 9.59 Å². The number of carbonyl (C=O) groups excluding carboxylic acids is 1. The van der Waals surface area contributed by atoms with Crippen molar-refractivity contribution in [3.05, 3.63) is 97.9 Å². The molecule has 8 heteroatoms. The van der Waals surface area contributed by atoms with Crippen LogP contribution in [0.15, 0.2) is 86.5 Å². The van der Waals surface area contributed by atoms with E-state index < -0.39 is 6.04 Å². The zero-order chi connectivity index (χ0) is 27.1. The first-order valence-electron chi connectivity index (χ1n) is 13.0. The minimum absolute atomic E-state index is 0.148. The maximum Gasteiger partial charge on any atom is 0.322 e. The van der Waals surface area contributed by atoms with Crippen molar-refractivity contribution in [1.82, 2.24) is 14.5 Å². The van der Waals surface area contributed by atoms with Gasteiger partial charge >= 0.3 is 6.03 Å². The molecule has 0 bridgehead atoms. The molecule has 1 heterocycles. The number of hydrogen-bond donors (Lipinski definition) is 1. The number of hydrogen-bond acceptors (Lipinski definition) is 3. The van der Waals surface area contributed by atoms with E-state index in [2.05, 4.69) is 44.1 Å². The summed E-state index contributed by atoms with van der Waals surface area (Å²) in [6, 6.07) is 21.9. The van der Waals surface area contributed by atoms with Gasteiger partial charge in [-0.15, -0.1) is 0 Å². The highest BCUT2D eigenvalue weighted by atomic mass is 79.9. The molecular weight excluding hydrogens is 608 g/mol. The molecule has 0 radical (unpaired) electrons. The third-order valence-electron chi connectivity index (χ3n) is 6.56. The topological polar surface area (TPSA) is 67.2 Å². The third kappa shape index (κ3) is 6.53. The number of urea groups is 1. The van der Waals surface area contributed by atoms with Crippen LogP contribution in [0.25, 0.3) is 16.6 Å². The van der Waals surface area contributed by atoms with Crippen molar-refractivity contribution in [3.63, 3.8) is 0 Å². The van der Waals surface area contributed by atoms with Crippen molar-refractivity contribution in [3.8, 4) is 5.69 Å². The molecule has 0 saturated heterocycles. The summed E-state index contributed by atoms with van der Waals surface area (Å²) in [6.45, 7) is 4.76. The first-order valence-corrected chi connectivity index (χ1v) is 14.6. The molecule has 6 nitrogen and oxygen atoms in total. The van der Waals surface area contributed by atoms with Crippen molar-refractivity contribution < 1.29 is 4.79 Å². The molecule has 0 spiro atoms. The summed E-state index contributed by atoms with van der Waals surface area (Å²) in [5.74, 6) is 0.556. The molecule has 38 heavy (non-hydrogen) atoms. The number of carbonyl (C=O) groups is 1. The predicted octanol–water partition coefficient (Wildman–Crippen LogP) is 8.48. The Morgan fingerprint density at radius 3 is 2.24 bits per heavy atom. The van der Waals surface area contributed by atoms with Gasteiger partial charge in [0.1, 0.15) is 5.82 Å². The van der Waals surface area contributed by atoms with Crippen LogP contribution in [0.2, 0.25) is 0 Å². The number of nitrogens with one attached hydrogen (secondary N) is 1. The summed E-state index contributed by atoms with van der Waals surface area (Å²) in [4.78, 5) is 34.4. The van der Waals surface area contributed by atoms with Crippen LogP contribution in [0.4, 0.5) is 10.5 Å². The molecule has 0 fully saturated rings. The maximum absolute atomic E-state index is 13.9. The summed E-state index contributed by atoms with van der Waals surface area (Å²) in [7, 11) is 0. The number of halogens is 2. The lowest BCUT2D eigenvalue weighted by Crippen LogP contribution is -2.41. The Morgan fingerprint density at radius 2 is 1.58 bits per heavy atom. The highest BCUT2D eigenvalue weighted by Crippen LogP contribution is 2.28. The fourth-order valence-electron chi connectivity index (χ4n) is 4.59. The fourth-order valence-corrected chi connectivity index (χ4v) is 5.12. The van der Waals surface area contributed by atoms with Gasteiger partial charge in [0.05, 0.1) is 22.6 Å². The van der Waals surface area contributed by atoms with Gasteiger partial charge in [0, 0.05) is 21.2 Å². The highest BCUT2D eigenvalue weighted by Gasteiger charge is 2.29. The molecule has 4 rings (SSSR count). The molecule has 4 aromatic rings. The first-order chi connectivity index (χ1) is 18.4. The van der Waals surface area contributed by atoms with Gasteiger partial charge in [-0.3, -0.25) is 9.36 Å². The number of fused-ring (bicyclic) bond motifs is 1. The van der Waals surface area contributed by atoms with E-state index in [1.165, 1.54) is 0 Å². The lowest BCUT2D eigenvalue weighted by molar-refractivity contribution is 0.179. The van der Waals surface area contributed by atoms with E-state index in [1.807, 2.05) is 78.6 Å². The quantitative estimate of drug-likeness (QED) is 0.177. The zero-order valence-corrected chi connectivity index (χ0v) is 24.8. The van der Waals surface area contributed by atoms with Crippen LogP contribution in [0.3, 0.4) is 0 Å². The Morgan fingerprint density at radius 1 is 0.921 bits per heavy atom. The Hall–Kier alpha value is -2.97. The van der Waals surface area contributed by atoms with Gasteiger partial charge in [-0.25, -0.2) is 9.78 Å². The minimum atomic E-state index is -0.409. The molecule has 1 unspecified atom stereocenters. The van der Waals surface area contributed by atoms with Gasteiger partial charge in [-0.1, -0.05) is 77.1 Å². The normalized spacial score (nSPS) is 11.9. The molecule has 0 saturated carbocycles. The van der Waals surface area contributed by atoms with Gasteiger partial charge in [-0.2, -0.15) is 0 Å². The average molecular weight is 640 g/mol. The molecule has 1 aromatic heterocycles. The maximum atomic E-state index is 13.9. The largest absolute Gasteiger partial charge is 0.322 e. The third-order valence-corrected chi connectivity index (χ3v) is 7.61. The predicted molar refractivity (Wildman–Crippen MR) is 162 cm³/mol. The molecule has 198 valence electrons. The first kappa shape index (κ1) is 28.0. The van der Waals surface area contributed by atoms with E-state index in [0.717, 1.165) is 34.6 Å². The standard InChI is InChI=1S/C30H32Br2N4O2/c1-3-5-6-9-20-35(30(38)33-23-16-12-21(31)13-17-23)27(4-2)28-34-26-11-8-7-10-25(26)29(37)36(28)24-18-14-22(32)15-19-24/h7-8,10-19,27H,3-6,9,20H2,1-2H3,(H,33,38). The van der Waals surface area contributed by atoms with Crippen LogP contribution in [0.1, 0.15) is 57.8 Å². The SMILES string of the molecule is CCCCCCN(C(=O)Nc1ccc(Br)cc1)C(CC)c1nc2ccccc2c(=O)n1-c1ccc(Br)cc1. The Kier molecular flexibility index (Phi) is 9.74. The van der Waals surface area contributed by atoms with E-state index >= 15 is 0 Å². The number of para-hydroxylation sites is 1. The van der Waals surface area contributed by atoms with Crippen LogP contribution in [-0.2, 0) is 0 Å². The van der Waals surface area contributed by atoms with Crippen LogP contribution < -0.4 is 10.9 Å². The number of benzene rings is 3. The van der Waals surface area contributed by atoms with Crippen LogP contribution in [0.5, 0.6) is 0 Å². The number of aromatic nitrogens is 2. The minimum Gasteiger partial charge on any atom is -0.314 e. The lowest BCUT2D eigenvalue weighted by Gasteiger charge is -2.32. The van der Waals surface area contributed by atoms with Gasteiger partial charge in [-0.05, 0) is 73.5 Å². The van der Waals surface area contributed by atoms with E-state index in [4.69, 9.17) is 4.98 Å². The zero-order valence-electron chi connectivity index (χ0n) is 21.7. The van der Waals surface area contributed by atoms with Crippen molar-refractivity contribution in [2.24, 2.45) is 0 Å². The van der Waals surface area contributed by atoms with Crippen molar-refractivity contribution in [1.29, 1.82) is 0 Å². The molecule has 0 aliphatic heterocycles. The number of rotatable bonds is 10. The van der Waals surface area contributed by atoms with Crippen molar-refractivity contribution >= 4 is 54.5 Å². The smallest absolute Gasteiger partial charge is 0.314 e. The summed E-state index contributed by atoms with van der Waals surface area (Å²) < 4.78 is 3.52. The Bertz CT molecular complexity index is 1440. The second kappa shape index (κ2) is 13.2. The molecular formula is C30H32Br2N4O2. The molecule has 1 atom stereocenters. The van der Waals surface area contributed by atoms with E-state index in [-0.39, 0.29) is 11.6 Å². The number of anilines is 1. The Balaban J connectivity index is 1.82.